The molecule has 0 unspecified atom stereocenters. The average Bonchev–Trinajstić information content (AvgIpc) is 2.80. The lowest BCUT2D eigenvalue weighted by molar-refractivity contribution is 1.78. The van der Waals surface area contributed by atoms with Gasteiger partial charge in [-0.25, -0.2) is 0 Å². The smallest absolute Gasteiger partial charge is 0.00203 e. The quantitative estimate of drug-likeness (QED) is 0.183. The van der Waals surface area contributed by atoms with Crippen LogP contribution in [-0.2, 0) is 0 Å². The van der Waals surface area contributed by atoms with Gasteiger partial charge in [-0.2, -0.15) is 0 Å². The SMILES string of the molecule is c1ccc2cc3c(ccc4ccc5ccc6cc7ccccc7cc6c5c43)cc2c1. The minimum Gasteiger partial charge on any atom is -0.0616 e. The van der Waals surface area contributed by atoms with Gasteiger partial charge in [0.15, 0.2) is 0 Å². The molecule has 0 fully saturated rings. The Morgan fingerprint density at radius 2 is 0.600 bits per heavy atom. The van der Waals surface area contributed by atoms with Crippen molar-refractivity contribution in [1.29, 1.82) is 0 Å². The lowest BCUT2D eigenvalue weighted by atomic mass is 9.91. The van der Waals surface area contributed by atoms with Crippen LogP contribution < -0.4 is 0 Å². The monoisotopic (exact) mass is 378 g/mol. The van der Waals surface area contributed by atoms with Crippen LogP contribution in [0.25, 0.3) is 64.6 Å². The molecule has 0 bridgehead atoms. The molecule has 7 aromatic rings. The largest absolute Gasteiger partial charge is 0.0616 e. The van der Waals surface area contributed by atoms with E-state index in [4.69, 9.17) is 0 Å². The van der Waals surface area contributed by atoms with Crippen LogP contribution in [0.15, 0.2) is 109 Å². The molecule has 0 radical (unpaired) electrons. The number of hydrogen-bond donors (Lipinski definition) is 0. The van der Waals surface area contributed by atoms with Gasteiger partial charge in [-0.1, -0.05) is 84.9 Å². The first kappa shape index (κ1) is 16.0. The summed E-state index contributed by atoms with van der Waals surface area (Å²) in [5.74, 6) is 0. The van der Waals surface area contributed by atoms with Crippen molar-refractivity contribution >= 4 is 64.6 Å². The standard InChI is InChI=1S/C30H18/c1-3-7-23-17-27-25(15-21(23)5-1)13-11-19-9-10-20-12-14-26-16-22-6-2-4-8-24(22)18-28(26)30(20)29(19)27/h1-18H. The van der Waals surface area contributed by atoms with E-state index in [9.17, 15) is 0 Å². The minimum atomic E-state index is 1.29. The summed E-state index contributed by atoms with van der Waals surface area (Å²) in [6.07, 6.45) is 0. The maximum absolute atomic E-state index is 2.37. The van der Waals surface area contributed by atoms with E-state index in [2.05, 4.69) is 109 Å². The Kier molecular flexibility index (Phi) is 3.09. The first-order valence-electron chi connectivity index (χ1n) is 10.4. The first-order valence-corrected chi connectivity index (χ1v) is 10.4. The van der Waals surface area contributed by atoms with Crippen molar-refractivity contribution in [2.75, 3.05) is 0 Å². The Balaban J connectivity index is 1.77. The van der Waals surface area contributed by atoms with Gasteiger partial charge in [0.25, 0.3) is 0 Å². The number of hydrogen-bond acceptors (Lipinski definition) is 0. The molecule has 0 saturated carbocycles. The van der Waals surface area contributed by atoms with E-state index in [-0.39, 0.29) is 0 Å². The molecule has 0 aliphatic carbocycles. The van der Waals surface area contributed by atoms with Gasteiger partial charge in [-0.15, -0.1) is 0 Å². The van der Waals surface area contributed by atoms with Gasteiger partial charge in [0.2, 0.25) is 0 Å². The van der Waals surface area contributed by atoms with Gasteiger partial charge in [0.1, 0.15) is 0 Å². The second-order valence-corrected chi connectivity index (χ2v) is 8.23. The highest BCUT2D eigenvalue weighted by atomic mass is 14.1. The van der Waals surface area contributed by atoms with E-state index >= 15 is 0 Å². The van der Waals surface area contributed by atoms with Gasteiger partial charge in [0.05, 0.1) is 0 Å². The van der Waals surface area contributed by atoms with Crippen LogP contribution in [0.3, 0.4) is 0 Å². The molecule has 0 heterocycles. The molecule has 0 aromatic heterocycles. The van der Waals surface area contributed by atoms with E-state index in [0.29, 0.717) is 0 Å². The molecular formula is C30H18. The average molecular weight is 378 g/mol. The summed E-state index contributed by atoms with van der Waals surface area (Å²) in [6.45, 7) is 0. The molecule has 0 spiro atoms. The van der Waals surface area contributed by atoms with Crippen LogP contribution in [0.2, 0.25) is 0 Å². The molecule has 0 N–H and O–H groups in total. The van der Waals surface area contributed by atoms with Gasteiger partial charge in [-0.05, 0) is 88.9 Å². The molecule has 0 heteroatoms. The highest BCUT2D eigenvalue weighted by Crippen LogP contribution is 2.38. The van der Waals surface area contributed by atoms with E-state index in [1.54, 1.807) is 0 Å². The predicted molar refractivity (Wildman–Crippen MR) is 131 cm³/mol. The normalized spacial score (nSPS) is 12.0. The van der Waals surface area contributed by atoms with Crippen LogP contribution in [0, 0.1) is 0 Å². The lowest BCUT2D eigenvalue weighted by Crippen LogP contribution is -1.85. The summed E-state index contributed by atoms with van der Waals surface area (Å²) in [7, 11) is 0. The molecule has 138 valence electrons. The molecule has 0 aliphatic rings. The first-order chi connectivity index (χ1) is 14.8. The van der Waals surface area contributed by atoms with Crippen molar-refractivity contribution in [2.24, 2.45) is 0 Å². The second kappa shape index (κ2) is 5.81. The maximum Gasteiger partial charge on any atom is -0.00203 e. The number of benzene rings is 7. The zero-order valence-corrected chi connectivity index (χ0v) is 16.4. The Morgan fingerprint density at radius 3 is 1.00 bits per heavy atom. The van der Waals surface area contributed by atoms with E-state index in [0.717, 1.165) is 0 Å². The molecule has 0 amide bonds. The zero-order valence-electron chi connectivity index (χ0n) is 16.4. The van der Waals surface area contributed by atoms with Crippen LogP contribution >= 0.6 is 0 Å². The summed E-state index contributed by atoms with van der Waals surface area (Å²) < 4.78 is 0. The third-order valence-corrected chi connectivity index (χ3v) is 6.53. The summed E-state index contributed by atoms with van der Waals surface area (Å²) in [5, 5.41) is 15.7. The fraction of sp³-hybridized carbons (Fsp3) is 0. The zero-order chi connectivity index (χ0) is 19.7. The predicted octanol–water partition coefficient (Wildman–Crippen LogP) is 8.61. The molecule has 0 atom stereocenters. The molecule has 0 saturated heterocycles. The Hall–Kier alpha value is -3.90. The van der Waals surface area contributed by atoms with Gasteiger partial charge in [0, 0.05) is 0 Å². The van der Waals surface area contributed by atoms with Crippen LogP contribution in [0.5, 0.6) is 0 Å². The van der Waals surface area contributed by atoms with Crippen LogP contribution in [-0.4, -0.2) is 0 Å². The summed E-state index contributed by atoms with van der Waals surface area (Å²) >= 11 is 0. The summed E-state index contributed by atoms with van der Waals surface area (Å²) in [5.41, 5.74) is 0. The summed E-state index contributed by atoms with van der Waals surface area (Å²) in [4.78, 5) is 0. The molecule has 30 heavy (non-hydrogen) atoms. The maximum atomic E-state index is 2.37. The van der Waals surface area contributed by atoms with E-state index in [1.165, 1.54) is 64.6 Å². The Morgan fingerprint density at radius 1 is 0.267 bits per heavy atom. The van der Waals surface area contributed by atoms with Crippen molar-refractivity contribution < 1.29 is 0 Å². The van der Waals surface area contributed by atoms with Crippen molar-refractivity contribution in [3.63, 3.8) is 0 Å². The van der Waals surface area contributed by atoms with Crippen LogP contribution in [0.4, 0.5) is 0 Å². The van der Waals surface area contributed by atoms with Crippen molar-refractivity contribution in [1.82, 2.24) is 0 Å². The third-order valence-electron chi connectivity index (χ3n) is 6.53. The number of fused-ring (bicyclic) bond motifs is 9. The van der Waals surface area contributed by atoms with Gasteiger partial charge < -0.3 is 0 Å². The summed E-state index contributed by atoms with van der Waals surface area (Å²) in [6, 6.07) is 40.3. The molecule has 7 aromatic carbocycles. The second-order valence-electron chi connectivity index (χ2n) is 8.23. The van der Waals surface area contributed by atoms with E-state index in [1.807, 2.05) is 0 Å². The van der Waals surface area contributed by atoms with E-state index < -0.39 is 0 Å². The minimum absolute atomic E-state index is 1.29. The number of rotatable bonds is 0. The highest BCUT2D eigenvalue weighted by Gasteiger charge is 2.10. The fourth-order valence-corrected chi connectivity index (χ4v) is 5.08. The molecule has 0 aliphatic heterocycles. The highest BCUT2D eigenvalue weighted by molar-refractivity contribution is 6.29. The van der Waals surface area contributed by atoms with Crippen molar-refractivity contribution in [3.8, 4) is 0 Å². The lowest BCUT2D eigenvalue weighted by Gasteiger charge is -2.13. The van der Waals surface area contributed by atoms with Crippen molar-refractivity contribution in [3.05, 3.63) is 109 Å². The van der Waals surface area contributed by atoms with Crippen molar-refractivity contribution in [2.45, 2.75) is 0 Å². The molecular weight excluding hydrogens is 360 g/mol. The Bertz CT molecular complexity index is 1650. The van der Waals surface area contributed by atoms with Gasteiger partial charge >= 0.3 is 0 Å². The third kappa shape index (κ3) is 2.16. The van der Waals surface area contributed by atoms with Crippen LogP contribution in [0.1, 0.15) is 0 Å². The topological polar surface area (TPSA) is 0 Å². The molecule has 0 nitrogen and oxygen atoms in total. The van der Waals surface area contributed by atoms with Gasteiger partial charge in [-0.3, -0.25) is 0 Å². The Labute approximate surface area is 174 Å². The molecule has 7 rings (SSSR count). The fourth-order valence-electron chi connectivity index (χ4n) is 5.08.